The first-order chi connectivity index (χ1) is 14.4. The van der Waals surface area contributed by atoms with Crippen LogP contribution >= 0.6 is 0 Å². The second-order valence-corrected chi connectivity index (χ2v) is 9.38. The molecule has 1 heterocycles. The van der Waals surface area contributed by atoms with Crippen LogP contribution in [0.3, 0.4) is 0 Å². The normalized spacial score (nSPS) is 15.5. The number of hydrogen-bond donors (Lipinski definition) is 2. The van der Waals surface area contributed by atoms with Crippen LogP contribution < -0.4 is 10.6 Å². The highest BCUT2D eigenvalue weighted by Gasteiger charge is 2.31. The van der Waals surface area contributed by atoms with Crippen LogP contribution in [0, 0.1) is 5.92 Å². The summed E-state index contributed by atoms with van der Waals surface area (Å²) in [6.45, 7) is 1.08. The summed E-state index contributed by atoms with van der Waals surface area (Å²) in [5.41, 5.74) is 2.23. The zero-order chi connectivity index (χ0) is 21.6. The molecule has 1 saturated heterocycles. The minimum absolute atomic E-state index is 0.0171. The lowest BCUT2D eigenvalue weighted by Crippen LogP contribution is -2.43. The average molecular weight is 430 g/mol. The SMILES string of the molecule is CNC(=O)c1ccc(CNC(=O)C2CCN(S(=O)(=O)Cc3ccccc3)CC2)cc1. The standard InChI is InChI=1S/C22H27N3O4S/c1-23-21(26)19-9-7-17(8-10-19)15-24-22(27)20-11-13-25(14-12-20)30(28,29)16-18-5-3-2-4-6-18/h2-10,20H,11-16H2,1H3,(H,23,26)(H,24,27). The summed E-state index contributed by atoms with van der Waals surface area (Å²) < 4.78 is 26.8. The number of amides is 2. The van der Waals surface area contributed by atoms with Gasteiger partial charge in [-0.3, -0.25) is 9.59 Å². The summed E-state index contributed by atoms with van der Waals surface area (Å²) in [6, 6.07) is 16.2. The summed E-state index contributed by atoms with van der Waals surface area (Å²) in [5.74, 6) is -0.431. The largest absolute Gasteiger partial charge is 0.355 e. The van der Waals surface area contributed by atoms with Crippen molar-refractivity contribution in [2.45, 2.75) is 25.1 Å². The molecule has 30 heavy (non-hydrogen) atoms. The third-order valence-corrected chi connectivity index (χ3v) is 7.17. The number of rotatable bonds is 7. The second-order valence-electron chi connectivity index (χ2n) is 7.41. The van der Waals surface area contributed by atoms with Gasteiger partial charge in [-0.15, -0.1) is 0 Å². The van der Waals surface area contributed by atoms with Gasteiger partial charge in [-0.25, -0.2) is 12.7 Å². The molecule has 0 bridgehead atoms. The first kappa shape index (κ1) is 22.0. The third-order valence-electron chi connectivity index (χ3n) is 5.32. The number of carbonyl (C=O) groups is 2. The van der Waals surface area contributed by atoms with E-state index in [1.807, 2.05) is 30.3 Å². The zero-order valence-electron chi connectivity index (χ0n) is 17.0. The van der Waals surface area contributed by atoms with Crippen LogP contribution in [0.4, 0.5) is 0 Å². The molecule has 0 radical (unpaired) electrons. The molecule has 0 atom stereocenters. The van der Waals surface area contributed by atoms with Gasteiger partial charge in [0.25, 0.3) is 5.91 Å². The van der Waals surface area contributed by atoms with Gasteiger partial charge in [-0.05, 0) is 36.1 Å². The Morgan fingerprint density at radius 1 is 0.967 bits per heavy atom. The lowest BCUT2D eigenvalue weighted by molar-refractivity contribution is -0.126. The molecule has 0 aromatic heterocycles. The van der Waals surface area contributed by atoms with Crippen LogP contribution in [0.2, 0.25) is 0 Å². The van der Waals surface area contributed by atoms with Crippen molar-refractivity contribution in [1.29, 1.82) is 0 Å². The van der Waals surface area contributed by atoms with Crippen LogP contribution in [-0.2, 0) is 27.1 Å². The van der Waals surface area contributed by atoms with Gasteiger partial charge in [0.2, 0.25) is 15.9 Å². The molecule has 3 rings (SSSR count). The van der Waals surface area contributed by atoms with E-state index in [1.54, 1.807) is 31.3 Å². The summed E-state index contributed by atoms with van der Waals surface area (Å²) in [4.78, 5) is 24.1. The van der Waals surface area contributed by atoms with E-state index < -0.39 is 10.0 Å². The molecule has 0 unspecified atom stereocenters. The summed E-state index contributed by atoms with van der Waals surface area (Å²) in [6.07, 6.45) is 1.02. The molecule has 1 aliphatic rings. The van der Waals surface area contributed by atoms with E-state index in [0.717, 1.165) is 11.1 Å². The van der Waals surface area contributed by atoms with E-state index in [0.29, 0.717) is 38.0 Å². The Morgan fingerprint density at radius 2 is 1.60 bits per heavy atom. The topological polar surface area (TPSA) is 95.6 Å². The first-order valence-electron chi connectivity index (χ1n) is 9.99. The molecule has 2 aromatic rings. The fraction of sp³-hybridized carbons (Fsp3) is 0.364. The Morgan fingerprint density at radius 3 is 2.20 bits per heavy atom. The predicted octanol–water partition coefficient (Wildman–Crippen LogP) is 1.90. The molecular weight excluding hydrogens is 402 g/mol. The van der Waals surface area contributed by atoms with Crippen molar-refractivity contribution in [3.63, 3.8) is 0 Å². The summed E-state index contributed by atoms with van der Waals surface area (Å²) in [7, 11) is -1.81. The van der Waals surface area contributed by atoms with Gasteiger partial charge in [0, 0.05) is 38.2 Å². The van der Waals surface area contributed by atoms with Crippen molar-refractivity contribution in [3.8, 4) is 0 Å². The van der Waals surface area contributed by atoms with Gasteiger partial charge in [0.05, 0.1) is 5.75 Å². The Labute approximate surface area is 177 Å². The second kappa shape index (κ2) is 9.86. The molecule has 0 spiro atoms. The Balaban J connectivity index is 1.47. The van der Waals surface area contributed by atoms with Gasteiger partial charge >= 0.3 is 0 Å². The molecule has 2 N–H and O–H groups in total. The molecule has 160 valence electrons. The fourth-order valence-corrected chi connectivity index (χ4v) is 5.09. The van der Waals surface area contributed by atoms with Gasteiger partial charge < -0.3 is 10.6 Å². The number of nitrogens with one attached hydrogen (secondary N) is 2. The number of piperidine rings is 1. The number of nitrogens with zero attached hydrogens (tertiary/aromatic N) is 1. The molecule has 1 fully saturated rings. The third kappa shape index (κ3) is 5.67. The number of hydrogen-bond acceptors (Lipinski definition) is 4. The van der Waals surface area contributed by atoms with E-state index in [2.05, 4.69) is 10.6 Å². The smallest absolute Gasteiger partial charge is 0.251 e. The van der Waals surface area contributed by atoms with E-state index in [1.165, 1.54) is 4.31 Å². The lowest BCUT2D eigenvalue weighted by Gasteiger charge is -2.30. The van der Waals surface area contributed by atoms with Gasteiger partial charge in [0.15, 0.2) is 0 Å². The molecule has 8 heteroatoms. The molecule has 1 aliphatic heterocycles. The van der Waals surface area contributed by atoms with E-state index >= 15 is 0 Å². The first-order valence-corrected chi connectivity index (χ1v) is 11.6. The van der Waals surface area contributed by atoms with Crippen LogP contribution in [0.1, 0.15) is 34.3 Å². The van der Waals surface area contributed by atoms with E-state index in [9.17, 15) is 18.0 Å². The molecule has 0 saturated carbocycles. The Bertz CT molecular complexity index is 967. The van der Waals surface area contributed by atoms with Crippen LogP contribution in [-0.4, -0.2) is 44.7 Å². The van der Waals surface area contributed by atoms with E-state index in [-0.39, 0.29) is 23.5 Å². The Hall–Kier alpha value is -2.71. The van der Waals surface area contributed by atoms with Gasteiger partial charge in [-0.1, -0.05) is 42.5 Å². The van der Waals surface area contributed by atoms with Gasteiger partial charge in [-0.2, -0.15) is 0 Å². The maximum absolute atomic E-state index is 12.6. The predicted molar refractivity (Wildman–Crippen MR) is 115 cm³/mol. The molecule has 2 amide bonds. The fourth-order valence-electron chi connectivity index (χ4n) is 3.52. The monoisotopic (exact) mass is 429 g/mol. The highest BCUT2D eigenvalue weighted by molar-refractivity contribution is 7.88. The minimum Gasteiger partial charge on any atom is -0.355 e. The maximum Gasteiger partial charge on any atom is 0.251 e. The number of benzene rings is 2. The Kier molecular flexibility index (Phi) is 7.23. The number of sulfonamides is 1. The van der Waals surface area contributed by atoms with E-state index in [4.69, 9.17) is 0 Å². The van der Waals surface area contributed by atoms with Gasteiger partial charge in [0.1, 0.15) is 0 Å². The summed E-state index contributed by atoms with van der Waals surface area (Å²) >= 11 is 0. The zero-order valence-corrected chi connectivity index (χ0v) is 17.8. The summed E-state index contributed by atoms with van der Waals surface area (Å²) in [5, 5.41) is 5.48. The minimum atomic E-state index is -3.39. The van der Waals surface area contributed by atoms with Crippen molar-refractivity contribution in [1.82, 2.24) is 14.9 Å². The van der Waals surface area contributed by atoms with Crippen molar-refractivity contribution in [3.05, 3.63) is 71.3 Å². The lowest BCUT2D eigenvalue weighted by atomic mass is 9.97. The van der Waals surface area contributed by atoms with Crippen LogP contribution in [0.5, 0.6) is 0 Å². The maximum atomic E-state index is 12.6. The molecule has 7 nitrogen and oxygen atoms in total. The molecule has 2 aromatic carbocycles. The average Bonchev–Trinajstić information content (AvgIpc) is 2.77. The van der Waals surface area contributed by atoms with Crippen molar-refractivity contribution in [2.24, 2.45) is 5.92 Å². The molecular formula is C22H27N3O4S. The van der Waals surface area contributed by atoms with Crippen molar-refractivity contribution < 1.29 is 18.0 Å². The van der Waals surface area contributed by atoms with Crippen LogP contribution in [0.25, 0.3) is 0 Å². The van der Waals surface area contributed by atoms with Crippen molar-refractivity contribution in [2.75, 3.05) is 20.1 Å². The van der Waals surface area contributed by atoms with Crippen molar-refractivity contribution >= 4 is 21.8 Å². The molecule has 0 aliphatic carbocycles. The number of carbonyl (C=O) groups excluding carboxylic acids is 2. The highest BCUT2D eigenvalue weighted by atomic mass is 32.2. The highest BCUT2D eigenvalue weighted by Crippen LogP contribution is 2.22. The van der Waals surface area contributed by atoms with Crippen LogP contribution in [0.15, 0.2) is 54.6 Å². The quantitative estimate of drug-likeness (QED) is 0.703.